The summed E-state index contributed by atoms with van der Waals surface area (Å²) in [5.74, 6) is -0.532. The van der Waals surface area contributed by atoms with Crippen LogP contribution in [0.2, 0.25) is 0 Å². The number of nitriles is 1. The predicted octanol–water partition coefficient (Wildman–Crippen LogP) is 5.57. The van der Waals surface area contributed by atoms with Gasteiger partial charge in [-0.2, -0.15) is 5.26 Å². The number of benzene rings is 2. The van der Waals surface area contributed by atoms with Crippen LogP contribution in [0.4, 0.5) is 0 Å². The number of fused-ring (bicyclic) bond motifs is 1. The van der Waals surface area contributed by atoms with Gasteiger partial charge in [-0.15, -0.1) is 0 Å². The molecule has 5 aromatic rings. The fourth-order valence-electron chi connectivity index (χ4n) is 3.88. The van der Waals surface area contributed by atoms with Crippen molar-refractivity contribution in [2.24, 2.45) is 0 Å². The molecule has 174 valence electrons. The third kappa shape index (κ3) is 3.80. The number of carbonyl (C=O) groups excluding carboxylic acids is 1. The summed E-state index contributed by atoms with van der Waals surface area (Å²) in [6, 6.07) is 17.2. The van der Waals surface area contributed by atoms with E-state index in [-0.39, 0.29) is 17.0 Å². The number of aryl methyl sites for hydroxylation is 1. The number of thiazole rings is 1. The summed E-state index contributed by atoms with van der Waals surface area (Å²) >= 11 is 1.26. The molecule has 0 radical (unpaired) electrons. The van der Waals surface area contributed by atoms with Crippen LogP contribution < -0.4 is 4.74 Å². The van der Waals surface area contributed by atoms with Crippen molar-refractivity contribution in [2.75, 3.05) is 6.61 Å². The summed E-state index contributed by atoms with van der Waals surface area (Å²) in [6.07, 6.45) is 0. The zero-order valence-electron chi connectivity index (χ0n) is 18.8. The molecule has 3 heterocycles. The maximum atomic E-state index is 13.4. The number of hydrogen-bond donors (Lipinski definition) is 2. The Morgan fingerprint density at radius 2 is 2.03 bits per heavy atom. The van der Waals surface area contributed by atoms with Gasteiger partial charge in [0.15, 0.2) is 16.6 Å². The normalized spacial score (nSPS) is 11.0. The van der Waals surface area contributed by atoms with E-state index >= 15 is 0 Å². The molecule has 0 amide bonds. The first-order chi connectivity index (χ1) is 16.9. The van der Waals surface area contributed by atoms with Crippen LogP contribution in [-0.2, 0) is 0 Å². The molecule has 0 aliphatic carbocycles. The van der Waals surface area contributed by atoms with Crippen molar-refractivity contribution in [1.82, 2.24) is 9.55 Å². The van der Waals surface area contributed by atoms with Gasteiger partial charge in [-0.05, 0) is 56.3 Å². The Kier molecular flexibility index (Phi) is 5.51. The second-order valence-electron chi connectivity index (χ2n) is 7.72. The molecule has 8 nitrogen and oxygen atoms in total. The minimum Gasteiger partial charge on any atom is -0.503 e. The predicted molar refractivity (Wildman–Crippen MR) is 130 cm³/mol. The fourth-order valence-corrected chi connectivity index (χ4v) is 4.89. The summed E-state index contributed by atoms with van der Waals surface area (Å²) < 4.78 is 13.2. The van der Waals surface area contributed by atoms with Gasteiger partial charge in [0.1, 0.15) is 11.5 Å². The third-order valence-corrected chi connectivity index (χ3v) is 6.43. The molecular formula is C26H19N3O5S. The average Bonchev–Trinajstić information content (AvgIpc) is 3.55. The summed E-state index contributed by atoms with van der Waals surface area (Å²) in [4.78, 5) is 18.1. The van der Waals surface area contributed by atoms with Gasteiger partial charge in [0.25, 0.3) is 0 Å². The number of aromatic hydroxyl groups is 2. The van der Waals surface area contributed by atoms with E-state index in [2.05, 4.69) is 11.1 Å². The second-order valence-corrected chi connectivity index (χ2v) is 8.73. The SMILES string of the molecule is CCOc1ccc2nc(-n3c(O)c(O)c(C(=O)c4ccc(C)o4)c3-c3cccc(C#N)c3)sc2c1. The number of ether oxygens (including phenoxy) is 1. The lowest BCUT2D eigenvalue weighted by atomic mass is 10.0. The number of ketones is 1. The molecule has 9 heteroatoms. The maximum Gasteiger partial charge on any atom is 0.242 e. The average molecular weight is 486 g/mol. The van der Waals surface area contributed by atoms with E-state index in [1.165, 1.54) is 22.0 Å². The monoisotopic (exact) mass is 485 g/mol. The Hall–Kier alpha value is -4.55. The molecule has 0 aliphatic heterocycles. The van der Waals surface area contributed by atoms with Crippen LogP contribution in [-0.4, -0.2) is 32.2 Å². The van der Waals surface area contributed by atoms with Gasteiger partial charge in [0, 0.05) is 5.56 Å². The topological polar surface area (TPSA) is 122 Å². The van der Waals surface area contributed by atoms with Crippen molar-refractivity contribution in [1.29, 1.82) is 5.26 Å². The number of rotatable bonds is 6. The summed E-state index contributed by atoms with van der Waals surface area (Å²) in [6.45, 7) is 4.11. The molecule has 0 unspecified atom stereocenters. The van der Waals surface area contributed by atoms with Gasteiger partial charge in [-0.1, -0.05) is 23.5 Å². The minimum atomic E-state index is -0.609. The molecule has 2 aromatic carbocycles. The third-order valence-electron chi connectivity index (χ3n) is 5.43. The van der Waals surface area contributed by atoms with Gasteiger partial charge in [-0.25, -0.2) is 4.98 Å². The number of aromatic nitrogens is 2. The van der Waals surface area contributed by atoms with Crippen LogP contribution in [0.1, 0.15) is 34.4 Å². The van der Waals surface area contributed by atoms with E-state index in [0.717, 1.165) is 4.70 Å². The van der Waals surface area contributed by atoms with Gasteiger partial charge >= 0.3 is 0 Å². The van der Waals surface area contributed by atoms with Crippen LogP contribution in [0.5, 0.6) is 17.4 Å². The van der Waals surface area contributed by atoms with E-state index in [0.29, 0.717) is 39.9 Å². The second kappa shape index (κ2) is 8.66. The summed E-state index contributed by atoms with van der Waals surface area (Å²) in [5.41, 5.74) is 1.50. The Balaban J connectivity index is 1.78. The highest BCUT2D eigenvalue weighted by atomic mass is 32.1. The molecule has 5 rings (SSSR count). The van der Waals surface area contributed by atoms with Gasteiger partial charge in [-0.3, -0.25) is 9.36 Å². The van der Waals surface area contributed by atoms with Crippen molar-refractivity contribution < 1.29 is 24.2 Å². The number of carbonyl (C=O) groups is 1. The minimum absolute atomic E-state index is 0.0123. The van der Waals surface area contributed by atoms with Crippen LogP contribution in [0.3, 0.4) is 0 Å². The zero-order chi connectivity index (χ0) is 24.7. The van der Waals surface area contributed by atoms with E-state index in [4.69, 9.17) is 9.15 Å². The van der Waals surface area contributed by atoms with Crippen molar-refractivity contribution >= 4 is 27.3 Å². The van der Waals surface area contributed by atoms with Crippen LogP contribution >= 0.6 is 11.3 Å². The van der Waals surface area contributed by atoms with Crippen molar-refractivity contribution in [3.8, 4) is 39.8 Å². The van der Waals surface area contributed by atoms with Gasteiger partial charge in [0.05, 0.1) is 39.7 Å². The van der Waals surface area contributed by atoms with Crippen LogP contribution in [0.25, 0.3) is 26.6 Å². The zero-order valence-corrected chi connectivity index (χ0v) is 19.6. The molecule has 0 spiro atoms. The first-order valence-electron chi connectivity index (χ1n) is 10.7. The van der Waals surface area contributed by atoms with E-state index in [1.54, 1.807) is 49.4 Å². The molecule has 2 N–H and O–H groups in total. The Morgan fingerprint density at radius 3 is 2.74 bits per heavy atom. The van der Waals surface area contributed by atoms with E-state index in [9.17, 15) is 20.3 Å². The van der Waals surface area contributed by atoms with Crippen LogP contribution in [0, 0.1) is 18.3 Å². The first kappa shape index (κ1) is 22.3. The molecule has 35 heavy (non-hydrogen) atoms. The van der Waals surface area contributed by atoms with E-state index in [1.807, 2.05) is 13.0 Å². The molecule has 0 fully saturated rings. The smallest absolute Gasteiger partial charge is 0.242 e. The van der Waals surface area contributed by atoms with Crippen molar-refractivity contribution in [3.05, 3.63) is 77.2 Å². The highest BCUT2D eigenvalue weighted by molar-refractivity contribution is 7.20. The highest BCUT2D eigenvalue weighted by Crippen LogP contribution is 2.45. The quantitative estimate of drug-likeness (QED) is 0.302. The number of nitrogens with zero attached hydrogens (tertiary/aromatic N) is 3. The highest BCUT2D eigenvalue weighted by Gasteiger charge is 2.32. The maximum absolute atomic E-state index is 13.4. The first-order valence-corrected chi connectivity index (χ1v) is 11.5. The summed E-state index contributed by atoms with van der Waals surface area (Å²) in [5, 5.41) is 31.7. The number of furan rings is 1. The summed E-state index contributed by atoms with van der Waals surface area (Å²) in [7, 11) is 0. The Morgan fingerprint density at radius 1 is 1.20 bits per heavy atom. The molecule has 0 bridgehead atoms. The van der Waals surface area contributed by atoms with E-state index < -0.39 is 17.4 Å². The lowest BCUT2D eigenvalue weighted by Gasteiger charge is -2.09. The molecule has 0 atom stereocenters. The Labute approximate surface area is 203 Å². The van der Waals surface area contributed by atoms with Crippen molar-refractivity contribution in [3.63, 3.8) is 0 Å². The molecule has 0 saturated carbocycles. The van der Waals surface area contributed by atoms with Gasteiger partial charge < -0.3 is 19.4 Å². The largest absolute Gasteiger partial charge is 0.503 e. The van der Waals surface area contributed by atoms with Crippen LogP contribution in [0.15, 0.2) is 59.0 Å². The lowest BCUT2D eigenvalue weighted by Crippen LogP contribution is -2.04. The fraction of sp³-hybridized carbons (Fsp3) is 0.115. The molecule has 0 saturated heterocycles. The number of hydrogen-bond acceptors (Lipinski definition) is 8. The van der Waals surface area contributed by atoms with Crippen molar-refractivity contribution in [2.45, 2.75) is 13.8 Å². The van der Waals surface area contributed by atoms with Gasteiger partial charge in [0.2, 0.25) is 11.7 Å². The standard InChI is InChI=1S/C26H19N3O5S/c1-3-33-17-8-9-18-20(12-17)35-26(28-18)29-22(16-6-4-5-15(11-16)13-27)21(24(31)25(29)32)23(30)19-10-7-14(2)34-19/h4-12,31-32H,3H2,1-2H3. The molecule has 3 aromatic heterocycles. The molecular weight excluding hydrogens is 466 g/mol. The Bertz CT molecular complexity index is 1640. The lowest BCUT2D eigenvalue weighted by molar-refractivity contribution is 0.101. The molecule has 0 aliphatic rings.